The number of allylic oxidation sites excluding steroid dienone is 4. The molecule has 0 spiro atoms. The van der Waals surface area contributed by atoms with E-state index in [1.54, 1.807) is 12.2 Å². The van der Waals surface area contributed by atoms with Crippen molar-refractivity contribution in [2.45, 2.75) is 44.6 Å². The molecule has 0 radical (unpaired) electrons. The molecule has 170 valence electrons. The SMILES string of the molecule is O=C1C=C(CC(O)CC2=CC(=O)C3CC4COCC(C4)C3=C2)C=C2C3COCC(C3)CC12. The van der Waals surface area contributed by atoms with Crippen molar-refractivity contribution in [2.24, 2.45) is 35.5 Å². The molecule has 4 aliphatic carbocycles. The van der Waals surface area contributed by atoms with Crippen molar-refractivity contribution < 1.29 is 24.2 Å². The molecule has 2 saturated carbocycles. The van der Waals surface area contributed by atoms with Crippen LogP contribution in [0.15, 0.2) is 46.6 Å². The number of hydrogen-bond donors (Lipinski definition) is 1. The van der Waals surface area contributed by atoms with Crippen LogP contribution >= 0.6 is 0 Å². The summed E-state index contributed by atoms with van der Waals surface area (Å²) < 4.78 is 11.5. The van der Waals surface area contributed by atoms with E-state index >= 15 is 0 Å². The van der Waals surface area contributed by atoms with Crippen LogP contribution in [0.25, 0.3) is 0 Å². The predicted octanol–water partition coefficient (Wildman–Crippen LogP) is 3.34. The summed E-state index contributed by atoms with van der Waals surface area (Å²) in [7, 11) is 0. The molecule has 6 rings (SSSR count). The van der Waals surface area contributed by atoms with E-state index in [-0.39, 0.29) is 23.4 Å². The summed E-state index contributed by atoms with van der Waals surface area (Å²) in [6.07, 6.45) is 12.1. The lowest BCUT2D eigenvalue weighted by atomic mass is 9.66. The molecule has 0 amide bonds. The van der Waals surface area contributed by atoms with Gasteiger partial charge in [0, 0.05) is 36.9 Å². The highest BCUT2D eigenvalue weighted by atomic mass is 16.5. The lowest BCUT2D eigenvalue weighted by molar-refractivity contribution is -0.120. The summed E-state index contributed by atoms with van der Waals surface area (Å²) in [5.41, 5.74) is 4.24. The van der Waals surface area contributed by atoms with E-state index in [0.717, 1.165) is 50.0 Å². The van der Waals surface area contributed by atoms with Crippen LogP contribution in [0.4, 0.5) is 0 Å². The second-order valence-corrected chi connectivity index (χ2v) is 10.8. The Hall–Kier alpha value is -1.82. The third-order valence-electron chi connectivity index (χ3n) is 8.46. The largest absolute Gasteiger partial charge is 0.392 e. The number of rotatable bonds is 4. The van der Waals surface area contributed by atoms with Gasteiger partial charge in [-0.1, -0.05) is 23.3 Å². The first-order valence-corrected chi connectivity index (χ1v) is 12.3. The smallest absolute Gasteiger partial charge is 0.163 e. The lowest BCUT2D eigenvalue weighted by Gasteiger charge is -2.42. The second kappa shape index (κ2) is 8.19. The number of carbonyl (C=O) groups excluding carboxylic acids is 2. The molecule has 5 heteroatoms. The molecule has 6 aliphatic rings. The van der Waals surface area contributed by atoms with Gasteiger partial charge in [-0.05, 0) is 73.7 Å². The van der Waals surface area contributed by atoms with E-state index in [4.69, 9.17) is 9.47 Å². The van der Waals surface area contributed by atoms with Gasteiger partial charge in [0.05, 0.1) is 19.3 Å². The number of ether oxygens (including phenoxy) is 2. The summed E-state index contributed by atoms with van der Waals surface area (Å²) >= 11 is 0. The van der Waals surface area contributed by atoms with Crippen LogP contribution in [0.1, 0.15) is 38.5 Å². The third-order valence-corrected chi connectivity index (χ3v) is 8.46. The minimum atomic E-state index is -0.618. The lowest BCUT2D eigenvalue weighted by Crippen LogP contribution is -2.39. The van der Waals surface area contributed by atoms with E-state index in [1.807, 2.05) is 0 Å². The zero-order valence-corrected chi connectivity index (χ0v) is 18.5. The average molecular weight is 437 g/mol. The molecule has 4 fully saturated rings. The fourth-order valence-electron chi connectivity index (χ4n) is 7.06. The second-order valence-electron chi connectivity index (χ2n) is 10.8. The zero-order chi connectivity index (χ0) is 21.8. The highest BCUT2D eigenvalue weighted by molar-refractivity contribution is 5.97. The summed E-state index contributed by atoms with van der Waals surface area (Å²) in [5, 5.41) is 10.9. The summed E-state index contributed by atoms with van der Waals surface area (Å²) in [6.45, 7) is 2.97. The van der Waals surface area contributed by atoms with Crippen molar-refractivity contribution in [3.8, 4) is 0 Å². The first-order valence-electron chi connectivity index (χ1n) is 12.3. The van der Waals surface area contributed by atoms with Crippen molar-refractivity contribution in [1.29, 1.82) is 0 Å². The standard InChI is InChI=1S/C27H32O5/c28-21(3-15-5-22-19-1-17(11-31-13-19)7-24(22)26(29)9-15)4-16-6-23-20-2-18(12-32-14-20)8-25(23)27(30)10-16/h5-6,9-10,17-21,24-25,28H,1-4,7-8,11-14H2. The zero-order valence-electron chi connectivity index (χ0n) is 18.5. The van der Waals surface area contributed by atoms with Crippen molar-refractivity contribution in [3.63, 3.8) is 0 Å². The molecule has 5 nitrogen and oxygen atoms in total. The minimum absolute atomic E-state index is 0.0109. The summed E-state index contributed by atoms with van der Waals surface area (Å²) in [6, 6.07) is 0. The van der Waals surface area contributed by atoms with Crippen LogP contribution in [0.2, 0.25) is 0 Å². The number of carbonyl (C=O) groups is 2. The predicted molar refractivity (Wildman–Crippen MR) is 119 cm³/mol. The van der Waals surface area contributed by atoms with Crippen molar-refractivity contribution in [2.75, 3.05) is 26.4 Å². The highest BCUT2D eigenvalue weighted by Gasteiger charge is 2.42. The van der Waals surface area contributed by atoms with Crippen LogP contribution in [0.3, 0.4) is 0 Å². The molecule has 32 heavy (non-hydrogen) atoms. The highest BCUT2D eigenvalue weighted by Crippen LogP contribution is 2.45. The quantitative estimate of drug-likeness (QED) is 0.732. The van der Waals surface area contributed by atoms with Gasteiger partial charge >= 0.3 is 0 Å². The maximum Gasteiger partial charge on any atom is 0.163 e. The van der Waals surface area contributed by atoms with Gasteiger partial charge in [0.25, 0.3) is 0 Å². The Bertz CT molecular complexity index is 877. The Morgan fingerprint density at radius 3 is 1.66 bits per heavy atom. The van der Waals surface area contributed by atoms with E-state index in [2.05, 4.69) is 12.2 Å². The molecule has 0 aromatic rings. The van der Waals surface area contributed by atoms with E-state index < -0.39 is 6.10 Å². The van der Waals surface area contributed by atoms with Crippen LogP contribution < -0.4 is 0 Å². The molecule has 1 N–H and O–H groups in total. The number of aliphatic hydroxyl groups excluding tert-OH is 1. The van der Waals surface area contributed by atoms with Crippen LogP contribution in [0, 0.1) is 35.5 Å². The number of fused-ring (bicyclic) bond motifs is 8. The van der Waals surface area contributed by atoms with Crippen molar-refractivity contribution >= 4 is 11.6 Å². The van der Waals surface area contributed by atoms with Crippen molar-refractivity contribution in [3.05, 3.63) is 46.6 Å². The van der Waals surface area contributed by atoms with Gasteiger partial charge in [0.1, 0.15) is 0 Å². The molecule has 2 saturated heterocycles. The van der Waals surface area contributed by atoms with E-state index in [1.165, 1.54) is 11.1 Å². The molecule has 2 aliphatic heterocycles. The molecular formula is C27H32O5. The fraction of sp³-hybridized carbons (Fsp3) is 0.630. The maximum atomic E-state index is 12.8. The Balaban J connectivity index is 1.15. The molecule has 0 aromatic heterocycles. The Morgan fingerprint density at radius 2 is 1.19 bits per heavy atom. The Kier molecular flexibility index (Phi) is 5.32. The van der Waals surface area contributed by atoms with Gasteiger partial charge in [0.2, 0.25) is 0 Å². The van der Waals surface area contributed by atoms with Crippen LogP contribution in [-0.2, 0) is 19.1 Å². The number of aliphatic hydroxyl groups is 1. The van der Waals surface area contributed by atoms with Crippen LogP contribution in [-0.4, -0.2) is 49.2 Å². The maximum absolute atomic E-state index is 12.8. The number of hydrogen-bond acceptors (Lipinski definition) is 5. The van der Waals surface area contributed by atoms with Gasteiger partial charge in [-0.2, -0.15) is 0 Å². The van der Waals surface area contributed by atoms with Gasteiger partial charge in [-0.25, -0.2) is 0 Å². The first kappa shape index (κ1) is 20.8. The molecule has 0 aromatic carbocycles. The molecule has 6 unspecified atom stereocenters. The molecule has 2 heterocycles. The molecule has 4 bridgehead atoms. The average Bonchev–Trinajstić information content (AvgIpc) is 2.76. The van der Waals surface area contributed by atoms with Gasteiger partial charge in [0.15, 0.2) is 11.6 Å². The fourth-order valence-corrected chi connectivity index (χ4v) is 7.06. The monoisotopic (exact) mass is 436 g/mol. The Labute approximate surface area is 189 Å². The first-order chi connectivity index (χ1) is 15.5. The van der Waals surface area contributed by atoms with E-state index in [0.29, 0.717) is 49.7 Å². The van der Waals surface area contributed by atoms with Crippen molar-refractivity contribution in [1.82, 2.24) is 0 Å². The third kappa shape index (κ3) is 3.78. The van der Waals surface area contributed by atoms with E-state index in [9.17, 15) is 14.7 Å². The molecular weight excluding hydrogens is 404 g/mol. The van der Waals surface area contributed by atoms with Gasteiger partial charge < -0.3 is 14.6 Å². The Morgan fingerprint density at radius 1 is 0.719 bits per heavy atom. The minimum Gasteiger partial charge on any atom is -0.392 e. The van der Waals surface area contributed by atoms with Gasteiger partial charge in [-0.15, -0.1) is 0 Å². The number of ketones is 2. The normalized spacial score (nSPS) is 39.2. The summed E-state index contributed by atoms with van der Waals surface area (Å²) in [4.78, 5) is 25.7. The van der Waals surface area contributed by atoms with Gasteiger partial charge in [-0.3, -0.25) is 9.59 Å². The van der Waals surface area contributed by atoms with Crippen LogP contribution in [0.5, 0.6) is 0 Å². The molecule has 6 atom stereocenters. The topological polar surface area (TPSA) is 72.8 Å². The summed E-state index contributed by atoms with van der Waals surface area (Å²) in [5.74, 6) is 2.07.